The summed E-state index contributed by atoms with van der Waals surface area (Å²) in [6, 6.07) is 17.8. The summed E-state index contributed by atoms with van der Waals surface area (Å²) in [5.74, 6) is 2.42. The van der Waals surface area contributed by atoms with Gasteiger partial charge in [-0.1, -0.05) is 0 Å². The molecule has 31 heavy (non-hydrogen) atoms. The average molecular weight is 438 g/mol. The molecule has 162 valence electrons. The highest BCUT2D eigenvalue weighted by Crippen LogP contribution is 2.39. The van der Waals surface area contributed by atoms with Crippen LogP contribution in [0.1, 0.15) is 24.2 Å². The van der Waals surface area contributed by atoms with E-state index in [1.165, 1.54) is 0 Å². The number of fused-ring (bicyclic) bond motifs is 1. The minimum atomic E-state index is -0.100. The second-order valence-electron chi connectivity index (χ2n) is 7.22. The third kappa shape index (κ3) is 4.32. The van der Waals surface area contributed by atoms with Crippen molar-refractivity contribution in [1.29, 1.82) is 0 Å². The van der Waals surface area contributed by atoms with Gasteiger partial charge in [-0.2, -0.15) is 0 Å². The van der Waals surface area contributed by atoms with Gasteiger partial charge >= 0.3 is 0 Å². The molecule has 3 aromatic rings. The first kappa shape index (κ1) is 21.1. The molecule has 0 saturated heterocycles. The van der Waals surface area contributed by atoms with Crippen molar-refractivity contribution in [2.45, 2.75) is 19.5 Å². The third-order valence-corrected chi connectivity index (χ3v) is 5.78. The summed E-state index contributed by atoms with van der Waals surface area (Å²) in [7, 11) is 3.36. The van der Waals surface area contributed by atoms with Crippen LogP contribution in [-0.2, 0) is 6.54 Å². The smallest absolute Gasteiger partial charge is 0.174 e. The fourth-order valence-corrected chi connectivity index (χ4v) is 4.29. The lowest BCUT2D eigenvalue weighted by atomic mass is 9.99. The Labute approximate surface area is 188 Å². The largest absolute Gasteiger partial charge is 0.497 e. The molecule has 1 aromatic heterocycles. The van der Waals surface area contributed by atoms with Crippen LogP contribution in [0.15, 0.2) is 60.8 Å². The second-order valence-corrected chi connectivity index (χ2v) is 7.60. The average Bonchev–Trinajstić information content (AvgIpc) is 3.28. The van der Waals surface area contributed by atoms with E-state index < -0.39 is 0 Å². The van der Waals surface area contributed by atoms with E-state index in [4.69, 9.17) is 26.4 Å². The molecule has 2 aromatic carbocycles. The normalized spacial score (nSPS) is 15.2. The summed E-state index contributed by atoms with van der Waals surface area (Å²) < 4.78 is 19.0. The number of anilines is 1. The van der Waals surface area contributed by atoms with Gasteiger partial charge in [-0.25, -0.2) is 0 Å². The quantitative estimate of drug-likeness (QED) is 0.564. The minimum Gasteiger partial charge on any atom is -0.497 e. The van der Waals surface area contributed by atoms with E-state index in [0.717, 1.165) is 47.3 Å². The first-order valence-corrected chi connectivity index (χ1v) is 10.7. The van der Waals surface area contributed by atoms with Crippen molar-refractivity contribution >= 4 is 23.0 Å². The van der Waals surface area contributed by atoms with Gasteiger partial charge in [-0.05, 0) is 73.7 Å². The van der Waals surface area contributed by atoms with Crippen molar-refractivity contribution in [3.8, 4) is 17.2 Å². The molecule has 4 rings (SSSR count). The lowest BCUT2D eigenvalue weighted by Crippen LogP contribution is -2.44. The Morgan fingerprint density at radius 1 is 1.03 bits per heavy atom. The number of ether oxygens (including phenoxy) is 3. The molecule has 1 aliphatic rings. The van der Waals surface area contributed by atoms with Crippen molar-refractivity contribution in [1.82, 2.24) is 9.47 Å². The predicted octanol–water partition coefficient (Wildman–Crippen LogP) is 4.71. The van der Waals surface area contributed by atoms with Crippen LogP contribution in [0.25, 0.3) is 0 Å². The number of nitrogens with one attached hydrogen (secondary N) is 1. The van der Waals surface area contributed by atoms with Crippen molar-refractivity contribution in [3.05, 3.63) is 72.1 Å². The van der Waals surface area contributed by atoms with Crippen LogP contribution in [0, 0.1) is 0 Å². The first-order chi connectivity index (χ1) is 15.1. The molecule has 6 nitrogen and oxygen atoms in total. The summed E-state index contributed by atoms with van der Waals surface area (Å²) in [6.07, 6.45) is 2.11. The highest BCUT2D eigenvalue weighted by Gasteiger charge is 2.33. The standard InChI is InChI=1S/C24H27N3O3S/c1-4-30-18-9-7-17(8-10-18)25-24(31)27-15-14-26-13-5-6-21(26)23(27)20-16-19(28-2)11-12-22(20)29-3/h5-13,16,23H,4,14-15H2,1-3H3,(H,25,31)/t23-/m0/s1. The minimum absolute atomic E-state index is 0.100. The maximum absolute atomic E-state index is 5.86. The van der Waals surface area contributed by atoms with E-state index in [0.29, 0.717) is 11.7 Å². The van der Waals surface area contributed by atoms with Gasteiger partial charge in [-0.15, -0.1) is 0 Å². The van der Waals surface area contributed by atoms with Gasteiger partial charge in [0.25, 0.3) is 0 Å². The number of hydrogen-bond donors (Lipinski definition) is 1. The fourth-order valence-electron chi connectivity index (χ4n) is 3.98. The van der Waals surface area contributed by atoms with Crippen LogP contribution in [0.3, 0.4) is 0 Å². The summed E-state index contributed by atoms with van der Waals surface area (Å²) in [4.78, 5) is 2.21. The Balaban J connectivity index is 1.67. The molecule has 1 aliphatic heterocycles. The molecular weight excluding hydrogens is 410 g/mol. The number of thiocarbonyl (C=S) groups is 1. The number of nitrogens with zero attached hydrogens (tertiary/aromatic N) is 2. The highest BCUT2D eigenvalue weighted by atomic mass is 32.1. The molecule has 0 amide bonds. The molecule has 0 unspecified atom stereocenters. The van der Waals surface area contributed by atoms with Gasteiger partial charge in [0.1, 0.15) is 23.3 Å². The molecule has 0 radical (unpaired) electrons. The summed E-state index contributed by atoms with van der Waals surface area (Å²) in [5, 5.41) is 4.05. The Bertz CT molecular complexity index is 1050. The molecule has 7 heteroatoms. The van der Waals surface area contributed by atoms with E-state index in [1.807, 2.05) is 49.4 Å². The topological polar surface area (TPSA) is 47.9 Å². The van der Waals surface area contributed by atoms with E-state index in [9.17, 15) is 0 Å². The van der Waals surface area contributed by atoms with Gasteiger partial charge < -0.3 is 29.0 Å². The lowest BCUT2D eigenvalue weighted by Gasteiger charge is -2.39. The van der Waals surface area contributed by atoms with Gasteiger partial charge in [0, 0.05) is 36.2 Å². The Hall–Kier alpha value is -3.19. The molecule has 0 spiro atoms. The number of hydrogen-bond acceptors (Lipinski definition) is 4. The Kier molecular flexibility index (Phi) is 6.32. The van der Waals surface area contributed by atoms with Crippen molar-refractivity contribution in [2.24, 2.45) is 0 Å². The zero-order valence-corrected chi connectivity index (χ0v) is 18.8. The molecule has 2 heterocycles. The van der Waals surface area contributed by atoms with Crippen LogP contribution >= 0.6 is 12.2 Å². The summed E-state index contributed by atoms with van der Waals surface area (Å²) >= 11 is 5.86. The number of benzene rings is 2. The van der Waals surface area contributed by atoms with Crippen LogP contribution < -0.4 is 19.5 Å². The first-order valence-electron chi connectivity index (χ1n) is 10.3. The van der Waals surface area contributed by atoms with E-state index in [2.05, 4.69) is 33.1 Å². The van der Waals surface area contributed by atoms with Gasteiger partial charge in [0.2, 0.25) is 0 Å². The van der Waals surface area contributed by atoms with E-state index in [1.54, 1.807) is 14.2 Å². The van der Waals surface area contributed by atoms with Crippen LogP contribution in [0.5, 0.6) is 17.2 Å². The number of aromatic nitrogens is 1. The van der Waals surface area contributed by atoms with E-state index in [-0.39, 0.29) is 6.04 Å². The molecule has 0 aliphatic carbocycles. The van der Waals surface area contributed by atoms with Crippen molar-refractivity contribution < 1.29 is 14.2 Å². The molecule has 1 N–H and O–H groups in total. The Morgan fingerprint density at radius 3 is 2.52 bits per heavy atom. The van der Waals surface area contributed by atoms with Gasteiger partial charge in [0.15, 0.2) is 5.11 Å². The summed E-state index contributed by atoms with van der Waals surface area (Å²) in [5.41, 5.74) is 3.09. The van der Waals surface area contributed by atoms with Crippen molar-refractivity contribution in [2.75, 3.05) is 32.7 Å². The maximum atomic E-state index is 5.86. The highest BCUT2D eigenvalue weighted by molar-refractivity contribution is 7.80. The lowest BCUT2D eigenvalue weighted by molar-refractivity contribution is 0.284. The number of rotatable bonds is 6. The Morgan fingerprint density at radius 2 is 1.81 bits per heavy atom. The number of methoxy groups -OCH3 is 2. The van der Waals surface area contributed by atoms with Crippen molar-refractivity contribution in [3.63, 3.8) is 0 Å². The van der Waals surface area contributed by atoms with Gasteiger partial charge in [-0.3, -0.25) is 0 Å². The maximum Gasteiger partial charge on any atom is 0.174 e. The molecule has 1 atom stereocenters. The molecule has 0 bridgehead atoms. The zero-order valence-electron chi connectivity index (χ0n) is 18.0. The predicted molar refractivity (Wildman–Crippen MR) is 126 cm³/mol. The molecular formula is C24H27N3O3S. The third-order valence-electron chi connectivity index (χ3n) is 5.45. The van der Waals surface area contributed by atoms with Gasteiger partial charge in [0.05, 0.1) is 20.8 Å². The van der Waals surface area contributed by atoms with Crippen LogP contribution in [0.4, 0.5) is 5.69 Å². The fraction of sp³-hybridized carbons (Fsp3) is 0.292. The van der Waals surface area contributed by atoms with Crippen LogP contribution in [0.2, 0.25) is 0 Å². The molecule has 0 saturated carbocycles. The monoisotopic (exact) mass is 437 g/mol. The zero-order chi connectivity index (χ0) is 21.8. The summed E-state index contributed by atoms with van der Waals surface area (Å²) in [6.45, 7) is 4.24. The SMILES string of the molecule is CCOc1ccc(NC(=S)N2CCn3cccc3[C@@H]2c2cc(OC)ccc2OC)cc1. The van der Waals surface area contributed by atoms with Crippen LogP contribution in [-0.4, -0.2) is 42.0 Å². The molecule has 0 fully saturated rings. The second kappa shape index (κ2) is 9.31. The van der Waals surface area contributed by atoms with E-state index >= 15 is 0 Å².